The van der Waals surface area contributed by atoms with Gasteiger partial charge in [0.05, 0.1) is 20.3 Å². The van der Waals surface area contributed by atoms with Crippen LogP contribution in [-0.2, 0) is 4.74 Å². The van der Waals surface area contributed by atoms with Crippen LogP contribution in [0.4, 0.5) is 11.9 Å². The zero-order valence-electron chi connectivity index (χ0n) is 11.3. The summed E-state index contributed by atoms with van der Waals surface area (Å²) in [6, 6.07) is 7.57. The van der Waals surface area contributed by atoms with Crippen LogP contribution >= 0.6 is 0 Å². The van der Waals surface area contributed by atoms with Gasteiger partial charge < -0.3 is 20.1 Å². The lowest BCUT2D eigenvalue weighted by molar-refractivity contribution is 0.122. The molecule has 7 heteroatoms. The molecule has 1 fully saturated rings. The molecule has 1 aromatic heterocycles. The van der Waals surface area contributed by atoms with Gasteiger partial charge in [0.15, 0.2) is 0 Å². The molecule has 0 atom stereocenters. The first-order valence-corrected chi connectivity index (χ1v) is 6.48. The van der Waals surface area contributed by atoms with Crippen LogP contribution in [0, 0.1) is 0 Å². The summed E-state index contributed by atoms with van der Waals surface area (Å²) in [5.41, 5.74) is 6.76. The molecule has 1 aromatic carbocycles. The van der Waals surface area contributed by atoms with E-state index in [1.807, 2.05) is 24.3 Å². The minimum atomic E-state index is 0.344. The van der Waals surface area contributed by atoms with Gasteiger partial charge in [-0.3, -0.25) is 0 Å². The van der Waals surface area contributed by atoms with E-state index in [1.54, 1.807) is 11.8 Å². The summed E-state index contributed by atoms with van der Waals surface area (Å²) in [5.74, 6) is 1.67. The van der Waals surface area contributed by atoms with Crippen LogP contribution in [-0.4, -0.2) is 48.2 Å². The third kappa shape index (κ3) is 2.27. The normalized spacial score (nSPS) is 15.3. The van der Waals surface area contributed by atoms with Crippen molar-refractivity contribution in [1.82, 2.24) is 14.8 Å². The van der Waals surface area contributed by atoms with Gasteiger partial charge in [-0.25, -0.2) is 0 Å². The van der Waals surface area contributed by atoms with Crippen LogP contribution in [0.3, 0.4) is 0 Å². The molecule has 7 nitrogen and oxygen atoms in total. The number of methoxy groups -OCH3 is 1. The van der Waals surface area contributed by atoms with Gasteiger partial charge in [0.2, 0.25) is 11.9 Å². The fraction of sp³-hybridized carbons (Fsp3) is 0.385. The third-order valence-corrected chi connectivity index (χ3v) is 3.23. The average Bonchev–Trinajstić information content (AvgIpc) is 2.90. The number of nitrogens with zero attached hydrogens (tertiary/aromatic N) is 4. The highest BCUT2D eigenvalue weighted by atomic mass is 16.5. The molecular formula is C13H17N5O2. The standard InChI is InChI=1S/C13H17N5O2/c1-19-11-5-3-2-4-10(11)18-12(14)15-13(16-18)17-6-8-20-9-7-17/h2-5H,6-9H2,1H3,(H2,14,15,16). The van der Waals surface area contributed by atoms with Gasteiger partial charge in [0, 0.05) is 13.1 Å². The summed E-state index contributed by atoms with van der Waals surface area (Å²) in [5, 5.41) is 4.48. The Balaban J connectivity index is 1.96. The fourth-order valence-corrected chi connectivity index (χ4v) is 2.19. The molecule has 2 N–H and O–H groups in total. The zero-order valence-corrected chi connectivity index (χ0v) is 11.3. The number of benzene rings is 1. The van der Waals surface area contributed by atoms with Crippen molar-refractivity contribution in [2.75, 3.05) is 44.0 Å². The van der Waals surface area contributed by atoms with Crippen LogP contribution in [0.15, 0.2) is 24.3 Å². The number of nitrogen functional groups attached to an aromatic ring is 1. The maximum absolute atomic E-state index is 5.98. The van der Waals surface area contributed by atoms with Crippen molar-refractivity contribution < 1.29 is 9.47 Å². The highest BCUT2D eigenvalue weighted by Crippen LogP contribution is 2.25. The molecule has 0 bridgehead atoms. The van der Waals surface area contributed by atoms with E-state index in [1.165, 1.54) is 0 Å². The highest BCUT2D eigenvalue weighted by molar-refractivity contribution is 5.51. The molecule has 20 heavy (non-hydrogen) atoms. The van der Waals surface area contributed by atoms with Crippen LogP contribution < -0.4 is 15.4 Å². The summed E-state index contributed by atoms with van der Waals surface area (Å²) in [4.78, 5) is 6.39. The van der Waals surface area contributed by atoms with Gasteiger partial charge in [-0.1, -0.05) is 12.1 Å². The number of hydrogen-bond acceptors (Lipinski definition) is 6. The van der Waals surface area contributed by atoms with Gasteiger partial charge in [-0.2, -0.15) is 9.67 Å². The Morgan fingerprint density at radius 1 is 1.25 bits per heavy atom. The van der Waals surface area contributed by atoms with E-state index in [9.17, 15) is 0 Å². The predicted molar refractivity (Wildman–Crippen MR) is 75.4 cm³/mol. The smallest absolute Gasteiger partial charge is 0.247 e. The minimum Gasteiger partial charge on any atom is -0.494 e. The van der Waals surface area contributed by atoms with E-state index in [0.717, 1.165) is 18.8 Å². The fourth-order valence-electron chi connectivity index (χ4n) is 2.19. The molecule has 1 aliphatic heterocycles. The second kappa shape index (κ2) is 5.38. The number of aromatic nitrogens is 3. The number of anilines is 2. The highest BCUT2D eigenvalue weighted by Gasteiger charge is 2.19. The van der Waals surface area contributed by atoms with E-state index in [0.29, 0.717) is 30.9 Å². The maximum atomic E-state index is 5.98. The third-order valence-electron chi connectivity index (χ3n) is 3.23. The van der Waals surface area contributed by atoms with Crippen LogP contribution in [0.2, 0.25) is 0 Å². The van der Waals surface area contributed by atoms with Crippen LogP contribution in [0.5, 0.6) is 5.75 Å². The van der Waals surface area contributed by atoms with Crippen molar-refractivity contribution in [2.45, 2.75) is 0 Å². The van der Waals surface area contributed by atoms with Gasteiger partial charge in [-0.05, 0) is 12.1 Å². The Morgan fingerprint density at radius 3 is 2.75 bits per heavy atom. The Labute approximate surface area is 116 Å². The molecule has 0 spiro atoms. The Hall–Kier alpha value is -2.28. The zero-order chi connectivity index (χ0) is 13.9. The molecule has 0 radical (unpaired) electrons. The lowest BCUT2D eigenvalue weighted by Crippen LogP contribution is -2.37. The monoisotopic (exact) mass is 275 g/mol. The van der Waals surface area contributed by atoms with Crippen molar-refractivity contribution in [2.24, 2.45) is 0 Å². The first kappa shape index (κ1) is 12.7. The van der Waals surface area contributed by atoms with Crippen molar-refractivity contribution in [3.05, 3.63) is 24.3 Å². The SMILES string of the molecule is COc1ccccc1-n1nc(N2CCOCC2)nc1N. The molecule has 2 heterocycles. The molecule has 0 amide bonds. The number of nitrogens with two attached hydrogens (primary N) is 1. The van der Waals surface area contributed by atoms with Gasteiger partial charge in [-0.15, -0.1) is 5.10 Å². The van der Waals surface area contributed by atoms with E-state index in [4.69, 9.17) is 15.2 Å². The largest absolute Gasteiger partial charge is 0.494 e. The van der Waals surface area contributed by atoms with E-state index < -0.39 is 0 Å². The van der Waals surface area contributed by atoms with E-state index >= 15 is 0 Å². The Kier molecular flexibility index (Phi) is 3.42. The van der Waals surface area contributed by atoms with Gasteiger partial charge in [0.25, 0.3) is 0 Å². The molecule has 0 aliphatic carbocycles. The molecule has 3 rings (SSSR count). The van der Waals surface area contributed by atoms with E-state index in [-0.39, 0.29) is 0 Å². The van der Waals surface area contributed by atoms with Crippen molar-refractivity contribution in [1.29, 1.82) is 0 Å². The quantitative estimate of drug-likeness (QED) is 0.888. The van der Waals surface area contributed by atoms with Crippen LogP contribution in [0.25, 0.3) is 5.69 Å². The average molecular weight is 275 g/mol. The maximum Gasteiger partial charge on any atom is 0.247 e. The Bertz CT molecular complexity index is 592. The summed E-state index contributed by atoms with van der Waals surface area (Å²) < 4.78 is 12.3. The molecular weight excluding hydrogens is 258 g/mol. The summed E-state index contributed by atoms with van der Waals surface area (Å²) in [6.07, 6.45) is 0. The number of para-hydroxylation sites is 2. The van der Waals surface area contributed by atoms with Crippen molar-refractivity contribution >= 4 is 11.9 Å². The van der Waals surface area contributed by atoms with Crippen molar-refractivity contribution in [3.63, 3.8) is 0 Å². The lowest BCUT2D eigenvalue weighted by atomic mass is 10.3. The number of morpholine rings is 1. The first-order valence-electron chi connectivity index (χ1n) is 6.48. The predicted octanol–water partition coefficient (Wildman–Crippen LogP) is 0.695. The summed E-state index contributed by atoms with van der Waals surface area (Å²) >= 11 is 0. The Morgan fingerprint density at radius 2 is 2.00 bits per heavy atom. The molecule has 1 saturated heterocycles. The van der Waals surface area contributed by atoms with E-state index in [2.05, 4.69) is 15.0 Å². The first-order chi connectivity index (χ1) is 9.79. The van der Waals surface area contributed by atoms with Gasteiger partial charge in [0.1, 0.15) is 11.4 Å². The number of rotatable bonds is 3. The molecule has 0 saturated carbocycles. The second-order valence-electron chi connectivity index (χ2n) is 4.45. The summed E-state index contributed by atoms with van der Waals surface area (Å²) in [7, 11) is 1.62. The minimum absolute atomic E-state index is 0.344. The number of hydrogen-bond donors (Lipinski definition) is 1. The topological polar surface area (TPSA) is 78.4 Å². The van der Waals surface area contributed by atoms with Crippen molar-refractivity contribution in [3.8, 4) is 11.4 Å². The number of ether oxygens (including phenoxy) is 2. The summed E-state index contributed by atoms with van der Waals surface area (Å²) in [6.45, 7) is 2.91. The van der Waals surface area contributed by atoms with Crippen LogP contribution in [0.1, 0.15) is 0 Å². The molecule has 1 aliphatic rings. The lowest BCUT2D eigenvalue weighted by Gasteiger charge is -2.25. The molecule has 106 valence electrons. The van der Waals surface area contributed by atoms with Gasteiger partial charge >= 0.3 is 0 Å². The molecule has 2 aromatic rings. The second-order valence-corrected chi connectivity index (χ2v) is 4.45. The molecule has 0 unspecified atom stereocenters.